The molecule has 0 spiro atoms. The Morgan fingerprint density at radius 3 is 2.37 bits per heavy atom. The van der Waals surface area contributed by atoms with Gasteiger partial charge in [-0.1, -0.05) is 30.7 Å². The monoisotopic (exact) mass is 260 g/mol. The summed E-state index contributed by atoms with van der Waals surface area (Å²) < 4.78 is 0. The highest BCUT2D eigenvalue weighted by Crippen LogP contribution is 2.38. The zero-order chi connectivity index (χ0) is 14.2. The molecule has 19 heavy (non-hydrogen) atoms. The maximum absolute atomic E-state index is 12.6. The van der Waals surface area contributed by atoms with E-state index in [0.717, 1.165) is 11.1 Å². The molecule has 3 unspecified atom stereocenters. The Kier molecular flexibility index (Phi) is 3.74. The molecule has 1 aliphatic carbocycles. The van der Waals surface area contributed by atoms with E-state index < -0.39 is 11.9 Å². The lowest BCUT2D eigenvalue weighted by atomic mass is 9.86. The van der Waals surface area contributed by atoms with E-state index in [2.05, 4.69) is 0 Å². The van der Waals surface area contributed by atoms with Gasteiger partial charge in [0.1, 0.15) is 0 Å². The normalized spacial score (nSPS) is 26.4. The highest BCUT2D eigenvalue weighted by atomic mass is 16.4. The van der Waals surface area contributed by atoms with Crippen molar-refractivity contribution >= 4 is 11.8 Å². The minimum atomic E-state index is -0.840. The van der Waals surface area contributed by atoms with E-state index in [9.17, 15) is 14.7 Å². The lowest BCUT2D eigenvalue weighted by Crippen LogP contribution is -2.25. The number of aryl methyl sites for hydroxylation is 2. The molecule has 2 rings (SSSR count). The molecule has 1 aliphatic rings. The second-order valence-corrected chi connectivity index (χ2v) is 5.81. The second kappa shape index (κ2) is 5.16. The number of benzene rings is 1. The van der Waals surface area contributed by atoms with Crippen LogP contribution in [0.1, 0.15) is 41.3 Å². The summed E-state index contributed by atoms with van der Waals surface area (Å²) in [6.45, 7) is 5.92. The van der Waals surface area contributed by atoms with Gasteiger partial charge in [0.25, 0.3) is 0 Å². The largest absolute Gasteiger partial charge is 0.481 e. The van der Waals surface area contributed by atoms with Crippen molar-refractivity contribution < 1.29 is 14.7 Å². The SMILES string of the molecule is Cc1ccc(C(=O)C2CC(C)CC2C(=O)O)c(C)c1. The fourth-order valence-electron chi connectivity index (χ4n) is 3.14. The van der Waals surface area contributed by atoms with E-state index in [0.29, 0.717) is 24.3 Å². The van der Waals surface area contributed by atoms with Gasteiger partial charge in [-0.3, -0.25) is 9.59 Å². The van der Waals surface area contributed by atoms with Gasteiger partial charge >= 0.3 is 5.97 Å². The van der Waals surface area contributed by atoms with Crippen LogP contribution in [0.4, 0.5) is 0 Å². The van der Waals surface area contributed by atoms with E-state index in [4.69, 9.17) is 0 Å². The number of hydrogen-bond acceptors (Lipinski definition) is 2. The van der Waals surface area contributed by atoms with Crippen LogP contribution in [0.15, 0.2) is 18.2 Å². The van der Waals surface area contributed by atoms with Crippen molar-refractivity contribution in [3.63, 3.8) is 0 Å². The van der Waals surface area contributed by atoms with Crippen LogP contribution in [0.3, 0.4) is 0 Å². The van der Waals surface area contributed by atoms with Gasteiger partial charge in [0, 0.05) is 11.5 Å². The van der Waals surface area contributed by atoms with Gasteiger partial charge in [-0.25, -0.2) is 0 Å². The summed E-state index contributed by atoms with van der Waals surface area (Å²) in [5.41, 5.74) is 2.73. The smallest absolute Gasteiger partial charge is 0.307 e. The van der Waals surface area contributed by atoms with Crippen LogP contribution >= 0.6 is 0 Å². The Morgan fingerprint density at radius 2 is 1.79 bits per heavy atom. The molecular weight excluding hydrogens is 240 g/mol. The zero-order valence-electron chi connectivity index (χ0n) is 11.6. The van der Waals surface area contributed by atoms with Crippen LogP contribution in [0.2, 0.25) is 0 Å². The van der Waals surface area contributed by atoms with Crippen molar-refractivity contribution in [2.45, 2.75) is 33.6 Å². The number of carboxylic acid groups (broad SMARTS) is 1. The maximum Gasteiger partial charge on any atom is 0.307 e. The van der Waals surface area contributed by atoms with Crippen molar-refractivity contribution in [1.29, 1.82) is 0 Å². The molecule has 102 valence electrons. The fraction of sp³-hybridized carbons (Fsp3) is 0.500. The number of Topliss-reactive ketones (excluding diaryl/α,β-unsaturated/α-hetero) is 1. The fourth-order valence-corrected chi connectivity index (χ4v) is 3.14. The van der Waals surface area contributed by atoms with Crippen molar-refractivity contribution in [3.05, 3.63) is 34.9 Å². The molecule has 0 amide bonds. The van der Waals surface area contributed by atoms with Crippen molar-refractivity contribution in [3.8, 4) is 0 Å². The minimum Gasteiger partial charge on any atom is -0.481 e. The Bertz CT molecular complexity index is 519. The molecule has 0 heterocycles. The van der Waals surface area contributed by atoms with Crippen molar-refractivity contribution in [1.82, 2.24) is 0 Å². The van der Waals surface area contributed by atoms with Gasteiger partial charge in [0.15, 0.2) is 5.78 Å². The Balaban J connectivity index is 2.30. The molecule has 1 saturated carbocycles. The van der Waals surface area contributed by atoms with Gasteiger partial charge in [0.05, 0.1) is 5.92 Å². The van der Waals surface area contributed by atoms with Gasteiger partial charge in [-0.15, -0.1) is 0 Å². The van der Waals surface area contributed by atoms with Gasteiger partial charge in [-0.2, -0.15) is 0 Å². The molecule has 3 heteroatoms. The van der Waals surface area contributed by atoms with E-state index >= 15 is 0 Å². The summed E-state index contributed by atoms with van der Waals surface area (Å²) >= 11 is 0. The molecule has 3 nitrogen and oxygen atoms in total. The molecule has 0 bridgehead atoms. The number of ketones is 1. The molecule has 3 atom stereocenters. The van der Waals surface area contributed by atoms with Crippen LogP contribution in [0.25, 0.3) is 0 Å². The van der Waals surface area contributed by atoms with Gasteiger partial charge < -0.3 is 5.11 Å². The number of aliphatic carboxylic acids is 1. The highest BCUT2D eigenvalue weighted by molar-refractivity contribution is 6.01. The first kappa shape index (κ1) is 13.8. The Morgan fingerprint density at radius 1 is 1.16 bits per heavy atom. The number of rotatable bonds is 3. The van der Waals surface area contributed by atoms with Crippen LogP contribution in [0, 0.1) is 31.6 Å². The summed E-state index contributed by atoms with van der Waals surface area (Å²) in [5.74, 6) is -1.43. The predicted molar refractivity (Wildman–Crippen MR) is 73.3 cm³/mol. The van der Waals surface area contributed by atoms with Crippen LogP contribution in [0.5, 0.6) is 0 Å². The van der Waals surface area contributed by atoms with Crippen LogP contribution < -0.4 is 0 Å². The summed E-state index contributed by atoms with van der Waals surface area (Å²) in [7, 11) is 0. The minimum absolute atomic E-state index is 0.00532. The average Bonchev–Trinajstić information content (AvgIpc) is 2.70. The molecule has 1 aromatic carbocycles. The maximum atomic E-state index is 12.6. The van der Waals surface area contributed by atoms with Crippen LogP contribution in [-0.2, 0) is 4.79 Å². The molecule has 0 aliphatic heterocycles. The van der Waals surface area contributed by atoms with Crippen LogP contribution in [-0.4, -0.2) is 16.9 Å². The summed E-state index contributed by atoms with van der Waals surface area (Å²) in [4.78, 5) is 23.9. The Hall–Kier alpha value is -1.64. The standard InChI is InChI=1S/C16H20O3/c1-9-4-5-12(11(3)6-9)15(17)13-7-10(2)8-14(13)16(18)19/h4-6,10,13-14H,7-8H2,1-3H3,(H,18,19). The third kappa shape index (κ3) is 2.70. The van der Waals surface area contributed by atoms with E-state index in [1.165, 1.54) is 0 Å². The first-order chi connectivity index (χ1) is 8.90. The second-order valence-electron chi connectivity index (χ2n) is 5.81. The highest BCUT2D eigenvalue weighted by Gasteiger charge is 2.41. The topological polar surface area (TPSA) is 54.4 Å². The van der Waals surface area contributed by atoms with E-state index in [1.54, 1.807) is 0 Å². The lowest BCUT2D eigenvalue weighted by molar-refractivity contribution is -0.142. The van der Waals surface area contributed by atoms with Gasteiger partial charge in [-0.05, 0) is 38.2 Å². The summed E-state index contributed by atoms with van der Waals surface area (Å²) in [6, 6.07) is 5.71. The number of carboxylic acids is 1. The first-order valence-corrected chi connectivity index (χ1v) is 6.74. The molecule has 0 aromatic heterocycles. The molecular formula is C16H20O3. The van der Waals surface area contributed by atoms with Crippen molar-refractivity contribution in [2.24, 2.45) is 17.8 Å². The summed E-state index contributed by atoms with van der Waals surface area (Å²) in [5, 5.41) is 9.26. The van der Waals surface area contributed by atoms with E-state index in [-0.39, 0.29) is 11.7 Å². The molecule has 1 fully saturated rings. The third-order valence-electron chi connectivity index (χ3n) is 4.10. The van der Waals surface area contributed by atoms with Gasteiger partial charge in [0.2, 0.25) is 0 Å². The third-order valence-corrected chi connectivity index (χ3v) is 4.10. The average molecular weight is 260 g/mol. The molecule has 0 saturated heterocycles. The number of carbonyl (C=O) groups excluding carboxylic acids is 1. The lowest BCUT2D eigenvalue weighted by Gasteiger charge is -2.16. The van der Waals surface area contributed by atoms with E-state index in [1.807, 2.05) is 39.0 Å². The quantitative estimate of drug-likeness (QED) is 0.849. The molecule has 1 aromatic rings. The molecule has 1 N–H and O–H groups in total. The predicted octanol–water partition coefficient (Wildman–Crippen LogP) is 3.23. The summed E-state index contributed by atoms with van der Waals surface area (Å²) in [6.07, 6.45) is 1.29. The first-order valence-electron chi connectivity index (χ1n) is 6.74. The number of hydrogen-bond donors (Lipinski definition) is 1. The Labute approximate surface area is 113 Å². The van der Waals surface area contributed by atoms with Crippen molar-refractivity contribution in [2.75, 3.05) is 0 Å². The number of carbonyl (C=O) groups is 2. The zero-order valence-corrected chi connectivity index (χ0v) is 11.6. The molecule has 0 radical (unpaired) electrons.